The van der Waals surface area contributed by atoms with Crippen molar-refractivity contribution in [1.29, 1.82) is 0 Å². The van der Waals surface area contributed by atoms with Crippen LogP contribution in [0.3, 0.4) is 0 Å². The van der Waals surface area contributed by atoms with E-state index < -0.39 is 9.75 Å². The zero-order valence-corrected chi connectivity index (χ0v) is 10.5. The summed E-state index contributed by atoms with van der Waals surface area (Å²) in [4.78, 5) is 11.6. The van der Waals surface area contributed by atoms with Crippen LogP contribution in [-0.4, -0.2) is 22.8 Å². The molecule has 0 heterocycles. The lowest BCUT2D eigenvalue weighted by Crippen LogP contribution is -2.42. The number of hydrogen-bond donors (Lipinski definition) is 2. The highest BCUT2D eigenvalue weighted by Gasteiger charge is 2.67. The average Bonchev–Trinajstić information content (AvgIpc) is 2.52. The van der Waals surface area contributed by atoms with Crippen molar-refractivity contribution in [3.05, 3.63) is 0 Å². The minimum absolute atomic E-state index is 0. The fourth-order valence-corrected chi connectivity index (χ4v) is 1.79. The van der Waals surface area contributed by atoms with Gasteiger partial charge < -0.3 is 11.1 Å². The molecule has 0 radical (unpaired) electrons. The maximum Gasteiger partial charge on any atom is 0.229 e. The highest BCUT2D eigenvalue weighted by molar-refractivity contribution is 6.53. The Labute approximate surface area is 100 Å². The molecule has 1 unspecified atom stereocenters. The molecule has 84 valence electrons. The quantitative estimate of drug-likeness (QED) is 0.756. The predicted octanol–water partition coefficient (Wildman–Crippen LogP) is 1.46. The minimum Gasteiger partial charge on any atom is -0.352 e. The first-order valence-electron chi connectivity index (χ1n) is 4.22. The van der Waals surface area contributed by atoms with Crippen LogP contribution < -0.4 is 11.1 Å². The molecule has 1 rings (SSSR count). The van der Waals surface area contributed by atoms with Crippen LogP contribution in [0, 0.1) is 5.41 Å². The smallest absolute Gasteiger partial charge is 0.229 e. The van der Waals surface area contributed by atoms with Crippen molar-refractivity contribution in [2.24, 2.45) is 11.1 Å². The predicted molar refractivity (Wildman–Crippen MR) is 61.1 cm³/mol. The Bertz CT molecular complexity index is 235. The van der Waals surface area contributed by atoms with Gasteiger partial charge in [-0.3, -0.25) is 4.79 Å². The molecule has 0 saturated heterocycles. The number of amides is 1. The monoisotopic (exact) mass is 260 g/mol. The fraction of sp³-hybridized carbons (Fsp3) is 0.875. The standard InChI is InChI=1S/C8H14Cl2N2O.ClH/c1-5(3-11)12-6(13)7(2)4-8(7,9)10;/h5H,3-4,11H2,1-2H3,(H,12,13);1H/t5-,7?;/m1./s1. The summed E-state index contributed by atoms with van der Waals surface area (Å²) in [5.41, 5.74) is 4.73. The molecule has 0 bridgehead atoms. The van der Waals surface area contributed by atoms with E-state index >= 15 is 0 Å². The second-order valence-corrected chi connectivity index (χ2v) is 5.31. The van der Waals surface area contributed by atoms with Gasteiger partial charge in [0.15, 0.2) is 0 Å². The normalized spacial score (nSPS) is 30.1. The first-order valence-corrected chi connectivity index (χ1v) is 4.98. The van der Waals surface area contributed by atoms with E-state index in [1.807, 2.05) is 6.92 Å². The number of nitrogens with one attached hydrogen (secondary N) is 1. The fourth-order valence-electron chi connectivity index (χ4n) is 1.09. The molecule has 0 aromatic rings. The van der Waals surface area contributed by atoms with Crippen molar-refractivity contribution in [3.8, 4) is 0 Å². The number of halogens is 3. The van der Waals surface area contributed by atoms with E-state index in [9.17, 15) is 4.79 Å². The van der Waals surface area contributed by atoms with Crippen molar-refractivity contribution < 1.29 is 4.79 Å². The highest BCUT2D eigenvalue weighted by Crippen LogP contribution is 2.63. The Morgan fingerprint density at radius 1 is 1.64 bits per heavy atom. The van der Waals surface area contributed by atoms with E-state index in [0.29, 0.717) is 13.0 Å². The second-order valence-electron chi connectivity index (χ2n) is 3.82. The average molecular weight is 262 g/mol. The third-order valence-electron chi connectivity index (χ3n) is 2.49. The van der Waals surface area contributed by atoms with Crippen LogP contribution in [0.4, 0.5) is 0 Å². The zero-order chi connectivity index (χ0) is 10.3. The molecule has 1 amide bonds. The summed E-state index contributed by atoms with van der Waals surface area (Å²) in [6.07, 6.45) is 0.506. The zero-order valence-electron chi connectivity index (χ0n) is 8.14. The number of hydrogen-bond acceptors (Lipinski definition) is 2. The van der Waals surface area contributed by atoms with Crippen molar-refractivity contribution in [3.63, 3.8) is 0 Å². The van der Waals surface area contributed by atoms with E-state index in [4.69, 9.17) is 28.9 Å². The number of carbonyl (C=O) groups excluding carboxylic acids is 1. The van der Waals surface area contributed by atoms with Gasteiger partial charge in [-0.05, 0) is 20.3 Å². The molecule has 3 nitrogen and oxygen atoms in total. The van der Waals surface area contributed by atoms with Crippen molar-refractivity contribution >= 4 is 41.5 Å². The molecule has 14 heavy (non-hydrogen) atoms. The van der Waals surface area contributed by atoms with Crippen molar-refractivity contribution in [1.82, 2.24) is 5.32 Å². The van der Waals surface area contributed by atoms with Gasteiger partial charge in [-0.2, -0.15) is 0 Å². The topological polar surface area (TPSA) is 55.1 Å². The van der Waals surface area contributed by atoms with Crippen LogP contribution in [0.15, 0.2) is 0 Å². The lowest BCUT2D eigenvalue weighted by Gasteiger charge is -2.16. The maximum absolute atomic E-state index is 11.6. The van der Waals surface area contributed by atoms with Gasteiger partial charge in [-0.15, -0.1) is 35.6 Å². The Morgan fingerprint density at radius 2 is 2.07 bits per heavy atom. The number of rotatable bonds is 3. The number of alkyl halides is 2. The van der Waals surface area contributed by atoms with Gasteiger partial charge in [0, 0.05) is 12.6 Å². The SMILES string of the molecule is C[C@H](CN)NC(=O)C1(C)CC1(Cl)Cl.Cl. The van der Waals surface area contributed by atoms with E-state index in [2.05, 4.69) is 5.32 Å². The molecule has 1 saturated carbocycles. The molecule has 0 aromatic carbocycles. The highest BCUT2D eigenvalue weighted by atomic mass is 35.5. The van der Waals surface area contributed by atoms with Crippen LogP contribution in [0.25, 0.3) is 0 Å². The summed E-state index contributed by atoms with van der Waals surface area (Å²) in [6.45, 7) is 4.01. The molecule has 2 atom stereocenters. The maximum atomic E-state index is 11.6. The molecule has 1 aliphatic rings. The lowest BCUT2D eigenvalue weighted by atomic mass is 10.1. The largest absolute Gasteiger partial charge is 0.352 e. The molecule has 6 heteroatoms. The van der Waals surface area contributed by atoms with E-state index in [1.165, 1.54) is 0 Å². The number of nitrogens with two attached hydrogens (primary N) is 1. The van der Waals surface area contributed by atoms with Crippen LogP contribution in [0.5, 0.6) is 0 Å². The molecular formula is C8H15Cl3N2O. The molecule has 0 aromatic heterocycles. The first kappa shape index (κ1) is 14.3. The van der Waals surface area contributed by atoms with Gasteiger partial charge in [-0.1, -0.05) is 0 Å². The van der Waals surface area contributed by atoms with Crippen LogP contribution >= 0.6 is 35.6 Å². The Kier molecular flexibility index (Phi) is 4.53. The Morgan fingerprint density at radius 3 is 2.36 bits per heavy atom. The summed E-state index contributed by atoms with van der Waals surface area (Å²) >= 11 is 11.7. The third-order valence-corrected chi connectivity index (χ3v) is 3.59. The Hall–Kier alpha value is 0.300. The summed E-state index contributed by atoms with van der Waals surface area (Å²) in [5.74, 6) is -0.115. The summed E-state index contributed by atoms with van der Waals surface area (Å²) in [6, 6.07) is -0.0333. The summed E-state index contributed by atoms with van der Waals surface area (Å²) in [5, 5.41) is 2.75. The van der Waals surface area contributed by atoms with Gasteiger partial charge in [0.2, 0.25) is 5.91 Å². The van der Waals surface area contributed by atoms with Crippen LogP contribution in [-0.2, 0) is 4.79 Å². The third kappa shape index (κ3) is 2.45. The van der Waals surface area contributed by atoms with E-state index in [1.54, 1.807) is 6.92 Å². The van der Waals surface area contributed by atoms with Gasteiger partial charge in [0.1, 0.15) is 4.33 Å². The molecule has 0 spiro atoms. The molecule has 1 fully saturated rings. The molecule has 0 aliphatic heterocycles. The molecule has 3 N–H and O–H groups in total. The van der Waals surface area contributed by atoms with Gasteiger partial charge in [0.05, 0.1) is 5.41 Å². The van der Waals surface area contributed by atoms with E-state index in [0.717, 1.165) is 0 Å². The molecular weight excluding hydrogens is 246 g/mol. The molecule has 1 aliphatic carbocycles. The van der Waals surface area contributed by atoms with Crippen LogP contribution in [0.2, 0.25) is 0 Å². The van der Waals surface area contributed by atoms with E-state index in [-0.39, 0.29) is 24.4 Å². The van der Waals surface area contributed by atoms with Crippen LogP contribution in [0.1, 0.15) is 20.3 Å². The van der Waals surface area contributed by atoms with Gasteiger partial charge in [-0.25, -0.2) is 0 Å². The van der Waals surface area contributed by atoms with Gasteiger partial charge >= 0.3 is 0 Å². The second kappa shape index (κ2) is 4.44. The number of carbonyl (C=O) groups is 1. The van der Waals surface area contributed by atoms with Crippen molar-refractivity contribution in [2.45, 2.75) is 30.6 Å². The van der Waals surface area contributed by atoms with Gasteiger partial charge in [0.25, 0.3) is 0 Å². The lowest BCUT2D eigenvalue weighted by molar-refractivity contribution is -0.126. The minimum atomic E-state index is -0.897. The summed E-state index contributed by atoms with van der Waals surface area (Å²) in [7, 11) is 0. The Balaban J connectivity index is 0.00000169. The first-order chi connectivity index (χ1) is 5.83. The van der Waals surface area contributed by atoms with Crippen molar-refractivity contribution in [2.75, 3.05) is 6.54 Å². The summed E-state index contributed by atoms with van der Waals surface area (Å²) < 4.78 is -0.897.